The Kier molecular flexibility index (Phi) is 18.1. The molecule has 2 aliphatic heterocycles. The molecule has 0 aromatic carbocycles. The first-order chi connectivity index (χ1) is 24.3. The van der Waals surface area contributed by atoms with Crippen molar-refractivity contribution >= 4 is 75.2 Å². The smallest absolute Gasteiger partial charge is 0.410 e. The number of likely N-dealkylation sites (tertiary alicyclic amines) is 2. The normalized spacial score (nSPS) is 18.1. The lowest BCUT2D eigenvalue weighted by molar-refractivity contribution is -0.151. The number of imidazole rings is 2. The van der Waals surface area contributed by atoms with Gasteiger partial charge in [0.25, 0.3) is 0 Å². The number of carboxylic acid groups (broad SMARTS) is 1. The highest BCUT2D eigenvalue weighted by atomic mass is 127. The number of halogens is 2. The highest BCUT2D eigenvalue weighted by Gasteiger charge is 2.38. The van der Waals surface area contributed by atoms with Crippen LogP contribution in [0.1, 0.15) is 104 Å². The quantitative estimate of drug-likeness (QED) is 0.129. The number of carboxylic acids is 1. The van der Waals surface area contributed by atoms with Gasteiger partial charge in [0, 0.05) is 13.1 Å². The first-order valence-corrected chi connectivity index (χ1v) is 19.3. The third kappa shape index (κ3) is 14.0. The molecule has 18 heteroatoms. The van der Waals surface area contributed by atoms with E-state index in [1.54, 1.807) is 36.0 Å². The number of nitrogens with one attached hydrogen (secondary N) is 3. The number of aliphatic carboxylic acids is 1. The van der Waals surface area contributed by atoms with Crippen molar-refractivity contribution < 1.29 is 43.3 Å². The van der Waals surface area contributed by atoms with Gasteiger partial charge in [0.2, 0.25) is 5.91 Å². The van der Waals surface area contributed by atoms with Crippen LogP contribution in [-0.2, 0) is 28.6 Å². The molecule has 2 saturated heterocycles. The van der Waals surface area contributed by atoms with Crippen molar-refractivity contribution in [3.63, 3.8) is 0 Å². The molecule has 4 atom stereocenters. The number of alkyl carbamates (subject to hydrolysis) is 1. The Morgan fingerprint density at radius 3 is 1.77 bits per heavy atom. The average molecular weight is 958 g/mol. The molecule has 0 unspecified atom stereocenters. The van der Waals surface area contributed by atoms with Crippen molar-refractivity contribution in [2.24, 2.45) is 17.8 Å². The van der Waals surface area contributed by atoms with Gasteiger partial charge in [-0.1, -0.05) is 27.7 Å². The summed E-state index contributed by atoms with van der Waals surface area (Å²) in [6.45, 7) is 14.4. The maximum Gasteiger partial charge on any atom is 0.410 e. The van der Waals surface area contributed by atoms with E-state index in [1.807, 2.05) is 34.6 Å². The Hall–Kier alpha value is -3.17. The van der Waals surface area contributed by atoms with Crippen LogP contribution in [0.2, 0.25) is 0 Å². The summed E-state index contributed by atoms with van der Waals surface area (Å²) in [6, 6.07) is -0.637. The van der Waals surface area contributed by atoms with Gasteiger partial charge in [-0.3, -0.25) is 19.3 Å². The summed E-state index contributed by atoms with van der Waals surface area (Å²) in [5.41, 5.74) is -0.457. The largest absolute Gasteiger partial charge is 0.481 e. The molecular formula is C34H53I2N7O9. The molecular weight excluding hydrogens is 904 g/mol. The summed E-state index contributed by atoms with van der Waals surface area (Å²) >= 11 is 4.34. The molecule has 0 bridgehead atoms. The molecule has 2 fully saturated rings. The van der Waals surface area contributed by atoms with Crippen molar-refractivity contribution in [2.45, 2.75) is 104 Å². The van der Waals surface area contributed by atoms with E-state index in [0.29, 0.717) is 6.54 Å². The zero-order valence-corrected chi connectivity index (χ0v) is 35.6. The van der Waals surface area contributed by atoms with Crippen LogP contribution < -0.4 is 5.32 Å². The molecule has 0 aliphatic carbocycles. The number of hydrogen-bond donors (Lipinski definition) is 4. The van der Waals surface area contributed by atoms with Crippen molar-refractivity contribution in [1.29, 1.82) is 0 Å². The van der Waals surface area contributed by atoms with Crippen molar-refractivity contribution in [3.8, 4) is 0 Å². The summed E-state index contributed by atoms with van der Waals surface area (Å²) < 4.78 is 16.3. The van der Waals surface area contributed by atoms with Gasteiger partial charge >= 0.3 is 24.1 Å². The van der Waals surface area contributed by atoms with Crippen LogP contribution in [0.15, 0.2) is 12.4 Å². The van der Waals surface area contributed by atoms with Crippen LogP contribution >= 0.6 is 45.2 Å². The molecule has 52 heavy (non-hydrogen) atoms. The lowest BCUT2D eigenvalue weighted by Crippen LogP contribution is -2.51. The lowest BCUT2D eigenvalue weighted by atomic mass is 9.93. The number of aromatic nitrogens is 4. The number of methoxy groups -OCH3 is 2. The van der Waals surface area contributed by atoms with Crippen LogP contribution in [0.4, 0.5) is 9.59 Å². The number of amides is 3. The molecule has 2 aromatic heterocycles. The van der Waals surface area contributed by atoms with Gasteiger partial charge < -0.3 is 39.5 Å². The van der Waals surface area contributed by atoms with Crippen molar-refractivity contribution in [3.05, 3.63) is 31.4 Å². The topological polar surface area (TPSA) is 209 Å². The van der Waals surface area contributed by atoms with E-state index in [9.17, 15) is 24.0 Å². The monoisotopic (exact) mass is 957 g/mol. The van der Waals surface area contributed by atoms with Crippen LogP contribution in [0.3, 0.4) is 0 Å². The highest BCUT2D eigenvalue weighted by molar-refractivity contribution is 14.1. The summed E-state index contributed by atoms with van der Waals surface area (Å²) in [7, 11) is 2.54. The predicted octanol–water partition coefficient (Wildman–Crippen LogP) is 6.05. The lowest BCUT2D eigenvalue weighted by Gasteiger charge is -2.29. The maximum absolute atomic E-state index is 12.8. The third-order valence-corrected chi connectivity index (χ3v) is 9.40. The molecule has 2 aromatic rings. The molecule has 0 saturated carbocycles. The van der Waals surface area contributed by atoms with Crippen LogP contribution in [0.5, 0.6) is 0 Å². The number of H-pyrrole nitrogens is 2. The Morgan fingerprint density at radius 1 is 0.885 bits per heavy atom. The van der Waals surface area contributed by atoms with Crippen molar-refractivity contribution in [1.82, 2.24) is 35.1 Å². The Labute approximate surface area is 332 Å². The van der Waals surface area contributed by atoms with Crippen LogP contribution in [-0.4, -0.2) is 104 Å². The molecule has 4 heterocycles. The summed E-state index contributed by atoms with van der Waals surface area (Å²) in [6.07, 6.45) is 6.36. The van der Waals surface area contributed by atoms with E-state index in [2.05, 4.69) is 79.9 Å². The second-order valence-corrected chi connectivity index (χ2v) is 16.4. The van der Waals surface area contributed by atoms with Gasteiger partial charge in [-0.2, -0.15) is 0 Å². The zero-order valence-electron chi connectivity index (χ0n) is 31.3. The Morgan fingerprint density at radius 2 is 1.38 bits per heavy atom. The molecule has 16 nitrogen and oxygen atoms in total. The molecule has 2 aliphatic rings. The van der Waals surface area contributed by atoms with Gasteiger partial charge in [-0.05, 0) is 103 Å². The number of hydrogen-bond acceptors (Lipinski definition) is 10. The number of nitrogens with zero attached hydrogens (tertiary/aromatic N) is 4. The second kappa shape index (κ2) is 20.9. The van der Waals surface area contributed by atoms with E-state index in [-0.39, 0.29) is 42.3 Å². The number of carbonyl (C=O) groups is 5. The maximum atomic E-state index is 12.8. The van der Waals surface area contributed by atoms with Gasteiger partial charge in [0.05, 0.1) is 58.4 Å². The summed E-state index contributed by atoms with van der Waals surface area (Å²) in [5, 5.41) is 11.3. The van der Waals surface area contributed by atoms with E-state index in [1.165, 1.54) is 14.2 Å². The van der Waals surface area contributed by atoms with Gasteiger partial charge in [-0.15, -0.1) is 0 Å². The minimum atomic E-state index is -0.949. The molecule has 4 rings (SSSR count). The van der Waals surface area contributed by atoms with E-state index < -0.39 is 35.6 Å². The Bertz CT molecular complexity index is 1490. The van der Waals surface area contributed by atoms with Crippen molar-refractivity contribution in [2.75, 3.05) is 27.3 Å². The van der Waals surface area contributed by atoms with E-state index >= 15 is 0 Å². The zero-order chi connectivity index (χ0) is 39.3. The molecule has 0 radical (unpaired) electrons. The SMILES string of the molecule is CC(C)(C)OC(=O)N1CCC[C@H]1c1ncc(I)[nH]1.COC(=O)C[C@H](C(=O)O)C(C)C.COC(=O)N[C@H](C(=O)N1CCC[C@H]1c1ncc(I)[nH]1)C(C)C. The van der Waals surface area contributed by atoms with Crippen LogP contribution in [0, 0.1) is 25.2 Å². The molecule has 0 spiro atoms. The minimum Gasteiger partial charge on any atom is -0.481 e. The third-order valence-electron chi connectivity index (χ3n) is 8.30. The molecule has 3 amide bonds. The standard InChI is InChI=1S/C14H21IN4O3.C12H18IN3O2.C8H14O4/c1-8(2)11(18-14(21)22-3)13(20)19-6-4-5-9(19)12-16-7-10(15)17-12;1-12(2,3)18-11(17)16-6-4-5-8(16)10-14-7-9(13)15-10;1-5(2)6(8(10)11)4-7(9)12-3/h7-9,11H,4-6H2,1-3H3,(H,16,17)(H,18,21);7-8H,4-6H2,1-3H3,(H,14,15);5-6H,4H2,1-3H3,(H,10,11)/t9-,11-;8-;6-/m000/s1. The number of aromatic amines is 2. The highest BCUT2D eigenvalue weighted by Crippen LogP contribution is 2.33. The van der Waals surface area contributed by atoms with Gasteiger partial charge in [0.15, 0.2) is 0 Å². The first-order valence-electron chi connectivity index (χ1n) is 17.1. The summed E-state index contributed by atoms with van der Waals surface area (Å²) in [5.74, 6) is -0.581. The van der Waals surface area contributed by atoms with Gasteiger partial charge in [-0.25, -0.2) is 19.6 Å². The Balaban J connectivity index is 0.000000283. The number of rotatable bonds is 9. The molecule has 292 valence electrons. The number of esters is 1. The van der Waals surface area contributed by atoms with E-state index in [0.717, 1.165) is 51.3 Å². The fourth-order valence-corrected chi connectivity index (χ4v) is 6.45. The fourth-order valence-electron chi connectivity index (χ4n) is 5.62. The van der Waals surface area contributed by atoms with E-state index in [4.69, 9.17) is 9.84 Å². The average Bonchev–Trinajstić information content (AvgIpc) is 3.88. The van der Waals surface area contributed by atoms with Crippen LogP contribution in [0.25, 0.3) is 0 Å². The first kappa shape index (κ1) is 45.0. The predicted molar refractivity (Wildman–Crippen MR) is 208 cm³/mol. The second-order valence-electron chi connectivity index (χ2n) is 14.1. The minimum absolute atomic E-state index is 0.0170. The number of ether oxygens (including phenoxy) is 3. The summed E-state index contributed by atoms with van der Waals surface area (Å²) in [4.78, 5) is 76.4. The molecule has 4 N–H and O–H groups in total. The number of carbonyl (C=O) groups excluding carboxylic acids is 4. The fraction of sp³-hybridized carbons (Fsp3) is 0.676. The van der Waals surface area contributed by atoms with Gasteiger partial charge in [0.1, 0.15) is 23.3 Å².